The van der Waals surface area contributed by atoms with Gasteiger partial charge in [-0.25, -0.2) is 0 Å². The normalized spacial score (nSPS) is 19.7. The summed E-state index contributed by atoms with van der Waals surface area (Å²) in [6.07, 6.45) is 5.79. The van der Waals surface area contributed by atoms with Crippen LogP contribution >= 0.6 is 0 Å². The molecule has 0 heterocycles. The minimum Gasteiger partial charge on any atom is -0.481 e. The lowest BCUT2D eigenvalue weighted by atomic mass is 9.97. The Hall–Kier alpha value is -0.570. The molecule has 15 heavy (non-hydrogen) atoms. The van der Waals surface area contributed by atoms with Gasteiger partial charge in [0, 0.05) is 12.6 Å². The van der Waals surface area contributed by atoms with Gasteiger partial charge in [-0.3, -0.25) is 4.79 Å². The van der Waals surface area contributed by atoms with Crippen molar-refractivity contribution in [2.45, 2.75) is 52.0 Å². The maximum absolute atomic E-state index is 11.0. The Morgan fingerprint density at radius 1 is 1.40 bits per heavy atom. The molecule has 0 spiro atoms. The zero-order valence-electron chi connectivity index (χ0n) is 9.83. The third kappa shape index (κ3) is 4.65. The van der Waals surface area contributed by atoms with Gasteiger partial charge in [-0.2, -0.15) is 0 Å². The third-order valence-corrected chi connectivity index (χ3v) is 3.11. The molecule has 1 saturated carbocycles. The van der Waals surface area contributed by atoms with Gasteiger partial charge in [-0.05, 0) is 25.2 Å². The summed E-state index contributed by atoms with van der Waals surface area (Å²) in [5, 5.41) is 12.4. The van der Waals surface area contributed by atoms with E-state index in [1.54, 1.807) is 0 Å². The zero-order valence-corrected chi connectivity index (χ0v) is 9.83. The molecule has 1 unspecified atom stereocenters. The van der Waals surface area contributed by atoms with Gasteiger partial charge in [0.1, 0.15) is 0 Å². The van der Waals surface area contributed by atoms with Crippen molar-refractivity contribution in [2.24, 2.45) is 11.8 Å². The highest BCUT2D eigenvalue weighted by molar-refractivity contribution is 5.70. The summed E-state index contributed by atoms with van der Waals surface area (Å²) < 4.78 is 0. The first kappa shape index (κ1) is 12.5. The molecule has 0 aliphatic heterocycles. The van der Waals surface area contributed by atoms with Crippen molar-refractivity contribution in [1.82, 2.24) is 5.32 Å². The lowest BCUT2D eigenvalue weighted by Gasteiger charge is -2.18. The van der Waals surface area contributed by atoms with Gasteiger partial charge in [-0.15, -0.1) is 0 Å². The molecule has 1 atom stereocenters. The van der Waals surface area contributed by atoms with Crippen LogP contribution in [0.3, 0.4) is 0 Å². The molecule has 1 rings (SSSR count). The van der Waals surface area contributed by atoms with E-state index in [2.05, 4.69) is 19.2 Å². The van der Waals surface area contributed by atoms with Crippen molar-refractivity contribution in [3.05, 3.63) is 0 Å². The second-order valence-electron chi connectivity index (χ2n) is 5.05. The van der Waals surface area contributed by atoms with E-state index in [1.807, 2.05) is 0 Å². The first-order chi connectivity index (χ1) is 7.09. The lowest BCUT2D eigenvalue weighted by Crippen LogP contribution is -2.35. The molecular formula is C12H23NO2. The van der Waals surface area contributed by atoms with Crippen LogP contribution in [0.5, 0.6) is 0 Å². The van der Waals surface area contributed by atoms with Crippen LogP contribution in [0.15, 0.2) is 0 Å². The van der Waals surface area contributed by atoms with Gasteiger partial charge < -0.3 is 10.4 Å². The Morgan fingerprint density at radius 2 is 2.00 bits per heavy atom. The molecule has 3 nitrogen and oxygen atoms in total. The standard InChI is InChI=1S/C12H23NO2/c1-9(2)7-10(12(14)15)8-13-11-5-3-4-6-11/h9-11,13H,3-8H2,1-2H3,(H,14,15). The summed E-state index contributed by atoms with van der Waals surface area (Å²) in [6, 6.07) is 0.569. The fourth-order valence-corrected chi connectivity index (χ4v) is 2.28. The summed E-state index contributed by atoms with van der Waals surface area (Å²) in [5.74, 6) is -0.420. The number of carboxylic acid groups (broad SMARTS) is 1. The zero-order chi connectivity index (χ0) is 11.3. The Bertz CT molecular complexity index is 198. The van der Waals surface area contributed by atoms with E-state index < -0.39 is 5.97 Å². The summed E-state index contributed by atoms with van der Waals surface area (Å²) in [4.78, 5) is 11.0. The molecule has 0 aromatic carbocycles. The predicted octanol–water partition coefficient (Wildman–Crippen LogP) is 2.27. The van der Waals surface area contributed by atoms with Crippen LogP contribution < -0.4 is 5.32 Å². The number of hydrogen-bond acceptors (Lipinski definition) is 2. The average molecular weight is 213 g/mol. The first-order valence-electron chi connectivity index (χ1n) is 6.05. The maximum Gasteiger partial charge on any atom is 0.307 e. The van der Waals surface area contributed by atoms with Crippen LogP contribution in [0.1, 0.15) is 46.0 Å². The highest BCUT2D eigenvalue weighted by Crippen LogP contribution is 2.18. The van der Waals surface area contributed by atoms with Gasteiger partial charge in [0.15, 0.2) is 0 Å². The van der Waals surface area contributed by atoms with Crippen molar-refractivity contribution in [2.75, 3.05) is 6.54 Å². The van der Waals surface area contributed by atoms with Gasteiger partial charge in [0.25, 0.3) is 0 Å². The second-order valence-corrected chi connectivity index (χ2v) is 5.05. The van der Waals surface area contributed by atoms with E-state index in [9.17, 15) is 4.79 Å². The quantitative estimate of drug-likeness (QED) is 0.711. The van der Waals surface area contributed by atoms with Gasteiger partial charge >= 0.3 is 5.97 Å². The van der Waals surface area contributed by atoms with Gasteiger partial charge in [0.2, 0.25) is 0 Å². The topological polar surface area (TPSA) is 49.3 Å². The summed E-state index contributed by atoms with van der Waals surface area (Å²) >= 11 is 0. The molecule has 0 amide bonds. The fraction of sp³-hybridized carbons (Fsp3) is 0.917. The molecule has 0 radical (unpaired) electrons. The Morgan fingerprint density at radius 3 is 2.47 bits per heavy atom. The van der Waals surface area contributed by atoms with Crippen molar-refractivity contribution in [1.29, 1.82) is 0 Å². The number of nitrogens with one attached hydrogen (secondary N) is 1. The number of rotatable bonds is 6. The lowest BCUT2D eigenvalue weighted by molar-refractivity contribution is -0.142. The van der Waals surface area contributed by atoms with Gasteiger partial charge in [0.05, 0.1) is 5.92 Å². The summed E-state index contributed by atoms with van der Waals surface area (Å²) in [7, 11) is 0. The Kier molecular flexibility index (Phi) is 5.09. The fourth-order valence-electron chi connectivity index (χ4n) is 2.28. The Balaban J connectivity index is 2.27. The molecule has 0 aromatic heterocycles. The molecule has 1 aliphatic carbocycles. The average Bonchev–Trinajstić information content (AvgIpc) is 2.63. The van der Waals surface area contributed by atoms with Crippen molar-refractivity contribution in [3.8, 4) is 0 Å². The van der Waals surface area contributed by atoms with Crippen LogP contribution in [0.25, 0.3) is 0 Å². The van der Waals surface area contributed by atoms with E-state index in [1.165, 1.54) is 25.7 Å². The Labute approximate surface area is 92.3 Å². The highest BCUT2D eigenvalue weighted by Gasteiger charge is 2.21. The first-order valence-corrected chi connectivity index (χ1v) is 6.05. The maximum atomic E-state index is 11.0. The van der Waals surface area contributed by atoms with E-state index in [0.29, 0.717) is 18.5 Å². The number of carbonyl (C=O) groups is 1. The van der Waals surface area contributed by atoms with Crippen LogP contribution in [-0.2, 0) is 4.79 Å². The smallest absolute Gasteiger partial charge is 0.307 e. The largest absolute Gasteiger partial charge is 0.481 e. The van der Waals surface area contributed by atoms with Gasteiger partial charge in [-0.1, -0.05) is 26.7 Å². The van der Waals surface area contributed by atoms with Crippen molar-refractivity contribution >= 4 is 5.97 Å². The van der Waals surface area contributed by atoms with Crippen LogP contribution in [0, 0.1) is 11.8 Å². The third-order valence-electron chi connectivity index (χ3n) is 3.11. The molecule has 0 bridgehead atoms. The minimum absolute atomic E-state index is 0.217. The molecule has 2 N–H and O–H groups in total. The molecule has 1 fully saturated rings. The molecule has 88 valence electrons. The van der Waals surface area contributed by atoms with Crippen LogP contribution in [0.2, 0.25) is 0 Å². The summed E-state index contributed by atoms with van der Waals surface area (Å²) in [6.45, 7) is 4.79. The highest BCUT2D eigenvalue weighted by atomic mass is 16.4. The number of carboxylic acids is 1. The van der Waals surface area contributed by atoms with E-state index in [4.69, 9.17) is 5.11 Å². The van der Waals surface area contributed by atoms with Crippen molar-refractivity contribution in [3.63, 3.8) is 0 Å². The molecule has 0 saturated heterocycles. The monoisotopic (exact) mass is 213 g/mol. The molecule has 3 heteroatoms. The molecule has 1 aliphatic rings. The van der Waals surface area contributed by atoms with Crippen molar-refractivity contribution < 1.29 is 9.90 Å². The SMILES string of the molecule is CC(C)CC(CNC1CCCC1)C(=O)O. The molecule has 0 aromatic rings. The predicted molar refractivity (Wildman–Crippen MR) is 60.8 cm³/mol. The van der Waals surface area contributed by atoms with Crippen LogP contribution in [0.4, 0.5) is 0 Å². The molecular weight excluding hydrogens is 190 g/mol. The minimum atomic E-state index is -0.658. The summed E-state index contributed by atoms with van der Waals surface area (Å²) in [5.41, 5.74) is 0. The van der Waals surface area contributed by atoms with Crippen LogP contribution in [-0.4, -0.2) is 23.7 Å². The second kappa shape index (κ2) is 6.11. The number of aliphatic carboxylic acids is 1. The van der Waals surface area contributed by atoms with E-state index in [-0.39, 0.29) is 5.92 Å². The van der Waals surface area contributed by atoms with E-state index >= 15 is 0 Å². The number of hydrogen-bond donors (Lipinski definition) is 2. The van der Waals surface area contributed by atoms with E-state index in [0.717, 1.165) is 6.42 Å².